The number of carboxylic acids is 1. The van der Waals surface area contributed by atoms with Crippen LogP contribution in [0.25, 0.3) is 0 Å². The lowest BCUT2D eigenvalue weighted by atomic mass is 10.1. The molecule has 19 heavy (non-hydrogen) atoms. The van der Waals surface area contributed by atoms with Crippen LogP contribution >= 0.6 is 11.3 Å². The molecule has 104 valence electrons. The number of thiazole rings is 1. The van der Waals surface area contributed by atoms with Crippen molar-refractivity contribution in [2.75, 3.05) is 11.9 Å². The summed E-state index contributed by atoms with van der Waals surface area (Å²) < 4.78 is 4.74. The summed E-state index contributed by atoms with van der Waals surface area (Å²) in [5.74, 6) is -0.793. The molecule has 0 saturated carbocycles. The number of carbonyl (C=O) groups is 2. The van der Waals surface area contributed by atoms with Gasteiger partial charge in [-0.3, -0.25) is 5.32 Å². The molecule has 0 atom stereocenters. The number of aromatic nitrogens is 1. The van der Waals surface area contributed by atoms with Gasteiger partial charge in [0.1, 0.15) is 6.61 Å². The molecule has 2 N–H and O–H groups in total. The van der Waals surface area contributed by atoms with Gasteiger partial charge >= 0.3 is 12.1 Å². The minimum Gasteiger partial charge on any atom is -0.476 e. The Morgan fingerprint density at radius 1 is 1.58 bits per heavy atom. The maximum absolute atomic E-state index is 11.3. The maximum atomic E-state index is 11.3. The van der Waals surface area contributed by atoms with Gasteiger partial charge in [0.25, 0.3) is 0 Å². The van der Waals surface area contributed by atoms with Crippen LogP contribution in [-0.2, 0) is 11.2 Å². The van der Waals surface area contributed by atoms with Crippen molar-refractivity contribution < 1.29 is 19.4 Å². The summed E-state index contributed by atoms with van der Waals surface area (Å²) in [5, 5.41) is 11.7. The third kappa shape index (κ3) is 4.70. The topological polar surface area (TPSA) is 88.5 Å². The second kappa shape index (κ2) is 6.89. The van der Waals surface area contributed by atoms with Crippen molar-refractivity contribution in [1.29, 1.82) is 0 Å². The Morgan fingerprint density at radius 3 is 2.79 bits per heavy atom. The van der Waals surface area contributed by atoms with Crippen LogP contribution in [0.4, 0.5) is 9.93 Å². The third-order valence-corrected chi connectivity index (χ3v) is 3.03. The van der Waals surface area contributed by atoms with Crippen molar-refractivity contribution in [1.82, 2.24) is 4.98 Å². The van der Waals surface area contributed by atoms with Crippen LogP contribution in [0.1, 0.15) is 29.2 Å². The number of nitrogens with one attached hydrogen (secondary N) is 1. The molecular formula is C12H16N2O4S. The van der Waals surface area contributed by atoms with Crippen LogP contribution in [0.15, 0.2) is 12.7 Å². The van der Waals surface area contributed by atoms with Crippen LogP contribution in [0.5, 0.6) is 0 Å². The summed E-state index contributed by atoms with van der Waals surface area (Å²) in [6.45, 7) is 7.47. The zero-order valence-corrected chi connectivity index (χ0v) is 11.6. The number of anilines is 1. The molecule has 1 rings (SSSR count). The molecule has 1 aromatic rings. The van der Waals surface area contributed by atoms with Crippen molar-refractivity contribution >= 4 is 28.5 Å². The molecule has 0 spiro atoms. The van der Waals surface area contributed by atoms with Crippen LogP contribution in [0.2, 0.25) is 0 Å². The molecular weight excluding hydrogens is 268 g/mol. The number of hydrogen-bond acceptors (Lipinski definition) is 5. The highest BCUT2D eigenvalue weighted by Crippen LogP contribution is 2.25. The van der Waals surface area contributed by atoms with Gasteiger partial charge in [-0.25, -0.2) is 14.6 Å². The Balaban J connectivity index is 2.82. The number of hydrogen-bond donors (Lipinski definition) is 2. The number of rotatable bonds is 6. The van der Waals surface area contributed by atoms with Crippen LogP contribution in [0, 0.1) is 5.92 Å². The predicted octanol–water partition coefficient (Wildman–Crippen LogP) is 2.77. The number of carboxylic acid groups (broad SMARTS) is 1. The van der Waals surface area contributed by atoms with Crippen molar-refractivity contribution in [3.63, 3.8) is 0 Å². The van der Waals surface area contributed by atoms with E-state index in [0.29, 0.717) is 17.2 Å². The number of amides is 1. The Hall–Kier alpha value is -1.89. The monoisotopic (exact) mass is 284 g/mol. The largest absolute Gasteiger partial charge is 0.476 e. The molecule has 0 aliphatic heterocycles. The van der Waals surface area contributed by atoms with Crippen molar-refractivity contribution in [3.8, 4) is 0 Å². The summed E-state index contributed by atoms with van der Waals surface area (Å²) in [6.07, 6.45) is 1.36. The molecule has 7 heteroatoms. The van der Waals surface area contributed by atoms with E-state index in [9.17, 15) is 9.59 Å². The van der Waals surface area contributed by atoms with Crippen molar-refractivity contribution in [3.05, 3.63) is 23.2 Å². The van der Waals surface area contributed by atoms with Gasteiger partial charge in [0.2, 0.25) is 0 Å². The Labute approximate surface area is 115 Å². The molecule has 1 amide bonds. The first-order chi connectivity index (χ1) is 8.93. The second-order valence-corrected chi connectivity index (χ2v) is 5.29. The smallest absolute Gasteiger partial charge is 0.413 e. The average molecular weight is 284 g/mol. The van der Waals surface area contributed by atoms with E-state index in [1.54, 1.807) is 0 Å². The lowest BCUT2D eigenvalue weighted by Gasteiger charge is -2.01. The number of ether oxygens (including phenoxy) is 1. The van der Waals surface area contributed by atoms with Gasteiger partial charge in [-0.05, 0) is 12.3 Å². The van der Waals surface area contributed by atoms with Gasteiger partial charge in [0.15, 0.2) is 10.8 Å². The SMILES string of the molecule is C=CCOC(=O)Nc1nc(C(=O)O)c(CC(C)C)s1. The first-order valence-electron chi connectivity index (χ1n) is 5.71. The van der Waals surface area contributed by atoms with Gasteiger partial charge in [0.05, 0.1) is 0 Å². The quantitative estimate of drug-likeness (QED) is 0.784. The highest BCUT2D eigenvalue weighted by Gasteiger charge is 2.19. The standard InChI is InChI=1S/C12H16N2O4S/c1-4-5-18-12(17)14-11-13-9(10(15)16)8(19-11)6-7(2)3/h4,7H,1,5-6H2,2-3H3,(H,15,16)(H,13,14,17). The highest BCUT2D eigenvalue weighted by atomic mass is 32.1. The van der Waals surface area contributed by atoms with Gasteiger partial charge in [-0.15, -0.1) is 11.3 Å². The first kappa shape index (κ1) is 15.2. The summed E-state index contributed by atoms with van der Waals surface area (Å²) >= 11 is 1.15. The van der Waals surface area contributed by atoms with Gasteiger partial charge in [0, 0.05) is 4.88 Å². The lowest BCUT2D eigenvalue weighted by molar-refractivity contribution is 0.0690. The summed E-state index contributed by atoms with van der Waals surface area (Å²) in [5.41, 5.74) is -0.0160. The van der Waals surface area contributed by atoms with Crippen molar-refractivity contribution in [2.24, 2.45) is 5.92 Å². The Bertz CT molecular complexity index is 482. The molecule has 0 fully saturated rings. The molecule has 6 nitrogen and oxygen atoms in total. The normalized spacial score (nSPS) is 10.3. The van der Waals surface area contributed by atoms with E-state index in [0.717, 1.165) is 11.3 Å². The fourth-order valence-electron chi connectivity index (χ4n) is 1.34. The summed E-state index contributed by atoms with van der Waals surface area (Å²) in [4.78, 5) is 26.9. The molecule has 0 aromatic carbocycles. The molecule has 0 aliphatic rings. The summed E-state index contributed by atoms with van der Waals surface area (Å²) in [7, 11) is 0. The van der Waals surface area contributed by atoms with Gasteiger partial charge in [-0.1, -0.05) is 26.5 Å². The molecule has 0 bridgehead atoms. The Kier molecular flexibility index (Phi) is 5.50. The minimum atomic E-state index is -1.10. The molecule has 1 heterocycles. The average Bonchev–Trinajstić information content (AvgIpc) is 2.68. The van der Waals surface area contributed by atoms with E-state index in [2.05, 4.69) is 16.9 Å². The molecule has 0 saturated heterocycles. The maximum Gasteiger partial charge on any atom is 0.413 e. The zero-order valence-electron chi connectivity index (χ0n) is 10.8. The van der Waals surface area contributed by atoms with Crippen LogP contribution in [-0.4, -0.2) is 28.8 Å². The number of carbonyl (C=O) groups excluding carboxylic acids is 1. The number of nitrogens with zero attached hydrogens (tertiary/aromatic N) is 1. The zero-order chi connectivity index (χ0) is 14.4. The summed E-state index contributed by atoms with van der Waals surface area (Å²) in [6, 6.07) is 0. The fourth-order valence-corrected chi connectivity index (χ4v) is 2.49. The third-order valence-electron chi connectivity index (χ3n) is 2.03. The van der Waals surface area contributed by atoms with Crippen molar-refractivity contribution in [2.45, 2.75) is 20.3 Å². The molecule has 0 aliphatic carbocycles. The lowest BCUT2D eigenvalue weighted by Crippen LogP contribution is -2.13. The van der Waals surface area contributed by atoms with Gasteiger partial charge in [-0.2, -0.15) is 0 Å². The number of aromatic carboxylic acids is 1. The second-order valence-electron chi connectivity index (χ2n) is 4.21. The predicted molar refractivity (Wildman–Crippen MR) is 72.8 cm³/mol. The highest BCUT2D eigenvalue weighted by molar-refractivity contribution is 7.16. The van der Waals surface area contributed by atoms with Gasteiger partial charge < -0.3 is 9.84 Å². The Morgan fingerprint density at radius 2 is 2.26 bits per heavy atom. The first-order valence-corrected chi connectivity index (χ1v) is 6.53. The van der Waals surface area contributed by atoms with E-state index in [4.69, 9.17) is 9.84 Å². The van der Waals surface area contributed by atoms with E-state index >= 15 is 0 Å². The molecule has 1 aromatic heterocycles. The minimum absolute atomic E-state index is 0.0160. The fraction of sp³-hybridized carbons (Fsp3) is 0.417. The van der Waals surface area contributed by atoms with Crippen LogP contribution < -0.4 is 5.32 Å². The van der Waals surface area contributed by atoms with E-state index in [-0.39, 0.29) is 17.4 Å². The molecule has 0 unspecified atom stereocenters. The van der Waals surface area contributed by atoms with Crippen LogP contribution in [0.3, 0.4) is 0 Å². The van der Waals surface area contributed by atoms with E-state index < -0.39 is 12.1 Å². The van der Waals surface area contributed by atoms with E-state index in [1.165, 1.54) is 6.08 Å². The van der Waals surface area contributed by atoms with E-state index in [1.807, 2.05) is 13.8 Å². The molecule has 0 radical (unpaired) electrons.